The van der Waals surface area contributed by atoms with Crippen molar-refractivity contribution in [3.8, 4) is 22.8 Å². The molecule has 0 unspecified atom stereocenters. The zero-order chi connectivity index (χ0) is 18.4. The number of ether oxygens (including phenoxy) is 2. The van der Waals surface area contributed by atoms with E-state index in [-0.39, 0.29) is 17.7 Å². The summed E-state index contributed by atoms with van der Waals surface area (Å²) in [4.78, 5) is 23.6. The van der Waals surface area contributed by atoms with Crippen LogP contribution in [0.5, 0.6) is 11.5 Å². The standard InChI is InChI=1S/C18H17N3O4S/c1-9(2)21(3)16-15(10-4-5-12-13(6-10)25-8-24-12)19-11-7-14(18(22)23)26-17(11)20-16/h4-7,9H,8H2,1-3H3,(H,22,23). The van der Waals surface area contributed by atoms with Crippen molar-refractivity contribution < 1.29 is 19.4 Å². The van der Waals surface area contributed by atoms with Crippen LogP contribution in [0.1, 0.15) is 23.5 Å². The van der Waals surface area contributed by atoms with Gasteiger partial charge in [0.15, 0.2) is 17.3 Å². The van der Waals surface area contributed by atoms with Gasteiger partial charge in [-0.05, 0) is 38.1 Å². The van der Waals surface area contributed by atoms with E-state index in [4.69, 9.17) is 19.4 Å². The molecule has 0 spiro atoms. The van der Waals surface area contributed by atoms with Gasteiger partial charge in [-0.15, -0.1) is 11.3 Å². The second kappa shape index (κ2) is 6.14. The van der Waals surface area contributed by atoms with Crippen molar-refractivity contribution in [3.63, 3.8) is 0 Å². The van der Waals surface area contributed by atoms with E-state index >= 15 is 0 Å². The fourth-order valence-electron chi connectivity index (χ4n) is 2.68. The van der Waals surface area contributed by atoms with E-state index in [1.165, 1.54) is 0 Å². The lowest BCUT2D eigenvalue weighted by Gasteiger charge is -2.24. The minimum absolute atomic E-state index is 0.202. The van der Waals surface area contributed by atoms with Gasteiger partial charge in [-0.25, -0.2) is 14.8 Å². The van der Waals surface area contributed by atoms with Crippen molar-refractivity contribution >= 4 is 33.5 Å². The highest BCUT2D eigenvalue weighted by Crippen LogP contribution is 2.39. The van der Waals surface area contributed by atoms with E-state index in [1.54, 1.807) is 6.07 Å². The van der Waals surface area contributed by atoms with E-state index in [9.17, 15) is 9.90 Å². The molecular weight excluding hydrogens is 354 g/mol. The van der Waals surface area contributed by atoms with Gasteiger partial charge in [-0.3, -0.25) is 0 Å². The fourth-order valence-corrected chi connectivity index (χ4v) is 3.49. The summed E-state index contributed by atoms with van der Waals surface area (Å²) >= 11 is 1.13. The molecule has 0 saturated heterocycles. The number of carboxylic acid groups (broad SMARTS) is 1. The maximum Gasteiger partial charge on any atom is 0.346 e. The number of thiophene rings is 1. The highest BCUT2D eigenvalue weighted by atomic mass is 32.1. The normalized spacial score (nSPS) is 12.8. The average molecular weight is 371 g/mol. The SMILES string of the molecule is CC(C)N(C)c1nc2sc(C(=O)O)cc2nc1-c1ccc2c(c1)OCO2. The van der Waals surface area contributed by atoms with Crippen LogP contribution in [0, 0.1) is 0 Å². The van der Waals surface area contributed by atoms with Crippen LogP contribution < -0.4 is 14.4 Å². The molecule has 8 heteroatoms. The van der Waals surface area contributed by atoms with Crippen LogP contribution in [0.3, 0.4) is 0 Å². The number of carboxylic acids is 1. The third-order valence-corrected chi connectivity index (χ3v) is 5.32. The second-order valence-corrected chi connectivity index (χ2v) is 7.31. The summed E-state index contributed by atoms with van der Waals surface area (Å²) < 4.78 is 10.8. The number of hydrogen-bond donors (Lipinski definition) is 1. The first-order valence-electron chi connectivity index (χ1n) is 8.12. The molecule has 1 aliphatic rings. The number of aromatic carboxylic acids is 1. The molecule has 1 aliphatic heterocycles. The Balaban J connectivity index is 1.93. The monoisotopic (exact) mass is 371 g/mol. The minimum Gasteiger partial charge on any atom is -0.477 e. The lowest BCUT2D eigenvalue weighted by molar-refractivity contribution is 0.0702. The van der Waals surface area contributed by atoms with Crippen molar-refractivity contribution in [1.29, 1.82) is 0 Å². The summed E-state index contributed by atoms with van der Waals surface area (Å²) in [5.74, 6) is 1.09. The van der Waals surface area contributed by atoms with E-state index < -0.39 is 5.97 Å². The highest BCUT2D eigenvalue weighted by Gasteiger charge is 2.21. The van der Waals surface area contributed by atoms with Gasteiger partial charge in [-0.2, -0.15) is 0 Å². The molecule has 2 aromatic heterocycles. The van der Waals surface area contributed by atoms with E-state index in [1.807, 2.05) is 30.1 Å². The molecule has 3 heterocycles. The Hall–Kier alpha value is -2.87. The maximum atomic E-state index is 11.3. The second-order valence-electron chi connectivity index (χ2n) is 6.27. The predicted molar refractivity (Wildman–Crippen MR) is 99.5 cm³/mol. The molecular formula is C18H17N3O4S. The average Bonchev–Trinajstić information content (AvgIpc) is 3.25. The Morgan fingerprint density at radius 2 is 2.00 bits per heavy atom. The van der Waals surface area contributed by atoms with Crippen molar-refractivity contribution in [2.45, 2.75) is 19.9 Å². The summed E-state index contributed by atoms with van der Waals surface area (Å²) in [6.45, 7) is 4.33. The first kappa shape index (κ1) is 16.6. The van der Waals surface area contributed by atoms with Crippen LogP contribution in [0.25, 0.3) is 21.6 Å². The van der Waals surface area contributed by atoms with Crippen molar-refractivity contribution in [2.75, 3.05) is 18.7 Å². The molecule has 134 valence electrons. The number of aromatic nitrogens is 2. The Bertz CT molecular complexity index is 1020. The molecule has 7 nitrogen and oxygen atoms in total. The summed E-state index contributed by atoms with van der Waals surface area (Å²) in [7, 11) is 1.95. The lowest BCUT2D eigenvalue weighted by Crippen LogP contribution is -2.27. The molecule has 26 heavy (non-hydrogen) atoms. The first-order chi connectivity index (χ1) is 12.4. The van der Waals surface area contributed by atoms with E-state index in [0.29, 0.717) is 33.4 Å². The smallest absolute Gasteiger partial charge is 0.346 e. The van der Waals surface area contributed by atoms with Crippen molar-refractivity contribution in [2.24, 2.45) is 0 Å². The number of benzene rings is 1. The van der Waals surface area contributed by atoms with Crippen LogP contribution >= 0.6 is 11.3 Å². The van der Waals surface area contributed by atoms with Crippen molar-refractivity contribution in [3.05, 3.63) is 29.1 Å². The zero-order valence-electron chi connectivity index (χ0n) is 14.5. The van der Waals surface area contributed by atoms with Crippen LogP contribution in [0.4, 0.5) is 5.82 Å². The van der Waals surface area contributed by atoms with Gasteiger partial charge in [-0.1, -0.05) is 0 Å². The Morgan fingerprint density at radius 3 is 2.73 bits per heavy atom. The first-order valence-corrected chi connectivity index (χ1v) is 8.93. The summed E-state index contributed by atoms with van der Waals surface area (Å²) in [5.41, 5.74) is 2.09. The molecule has 3 aromatic rings. The van der Waals surface area contributed by atoms with Gasteiger partial charge in [0.25, 0.3) is 0 Å². The van der Waals surface area contributed by atoms with Crippen molar-refractivity contribution in [1.82, 2.24) is 9.97 Å². The number of fused-ring (bicyclic) bond motifs is 2. The van der Waals surface area contributed by atoms with Gasteiger partial charge in [0.1, 0.15) is 20.9 Å². The van der Waals surface area contributed by atoms with Crippen LogP contribution in [0.2, 0.25) is 0 Å². The highest BCUT2D eigenvalue weighted by molar-refractivity contribution is 7.20. The molecule has 0 atom stereocenters. The Kier molecular flexibility index (Phi) is 3.91. The lowest BCUT2D eigenvalue weighted by atomic mass is 10.1. The van der Waals surface area contributed by atoms with Gasteiger partial charge in [0.2, 0.25) is 6.79 Å². The Labute approximate surface area is 153 Å². The molecule has 0 aliphatic carbocycles. The third-order valence-electron chi connectivity index (χ3n) is 4.31. The summed E-state index contributed by atoms with van der Waals surface area (Å²) in [6, 6.07) is 7.39. The number of carbonyl (C=O) groups is 1. The fraction of sp³-hybridized carbons (Fsp3) is 0.278. The van der Waals surface area contributed by atoms with E-state index in [2.05, 4.69) is 13.8 Å². The topological polar surface area (TPSA) is 84.8 Å². The third kappa shape index (κ3) is 2.72. The zero-order valence-corrected chi connectivity index (χ0v) is 15.3. The molecule has 1 aromatic carbocycles. The van der Waals surface area contributed by atoms with Crippen LogP contribution in [-0.2, 0) is 0 Å². The largest absolute Gasteiger partial charge is 0.477 e. The maximum absolute atomic E-state index is 11.3. The number of nitrogens with zero attached hydrogens (tertiary/aromatic N) is 3. The van der Waals surface area contributed by atoms with Gasteiger partial charge in [0.05, 0.1) is 0 Å². The molecule has 1 N–H and O–H groups in total. The van der Waals surface area contributed by atoms with Gasteiger partial charge < -0.3 is 19.5 Å². The van der Waals surface area contributed by atoms with Crippen LogP contribution in [0.15, 0.2) is 24.3 Å². The predicted octanol–water partition coefficient (Wildman–Crippen LogP) is 3.63. The number of hydrogen-bond acceptors (Lipinski definition) is 7. The molecule has 0 saturated carbocycles. The number of anilines is 1. The molecule has 0 fully saturated rings. The number of rotatable bonds is 4. The molecule has 0 amide bonds. The summed E-state index contributed by atoms with van der Waals surface area (Å²) in [6.07, 6.45) is 0. The van der Waals surface area contributed by atoms with Gasteiger partial charge in [0, 0.05) is 18.7 Å². The van der Waals surface area contributed by atoms with Crippen LogP contribution in [-0.4, -0.2) is 40.9 Å². The Morgan fingerprint density at radius 1 is 1.23 bits per heavy atom. The van der Waals surface area contributed by atoms with E-state index in [0.717, 1.165) is 16.9 Å². The quantitative estimate of drug-likeness (QED) is 0.749. The molecule has 4 rings (SSSR count). The molecule has 0 bridgehead atoms. The minimum atomic E-state index is -0.974. The molecule has 0 radical (unpaired) electrons. The summed E-state index contributed by atoms with van der Waals surface area (Å²) in [5, 5.41) is 9.26. The van der Waals surface area contributed by atoms with Gasteiger partial charge >= 0.3 is 5.97 Å².